The summed E-state index contributed by atoms with van der Waals surface area (Å²) in [6.45, 7) is 15.3. The Bertz CT molecular complexity index is 2670. The summed E-state index contributed by atoms with van der Waals surface area (Å²) in [6, 6.07) is 6.56. The van der Waals surface area contributed by atoms with E-state index in [1.165, 1.54) is 14.2 Å². The fourth-order valence-electron chi connectivity index (χ4n) is 8.96. The molecule has 2 aliphatic carbocycles. The van der Waals surface area contributed by atoms with Crippen LogP contribution in [-0.2, 0) is 49.2 Å². The summed E-state index contributed by atoms with van der Waals surface area (Å²) < 4.78 is 71.9. The third-order valence-corrected chi connectivity index (χ3v) is 12.7. The van der Waals surface area contributed by atoms with E-state index < -0.39 is 63.7 Å². The zero-order valence-corrected chi connectivity index (χ0v) is 43.2. The molecule has 2 amide bonds. The molecule has 6 aliphatic rings. The number of aldehydes is 1. The van der Waals surface area contributed by atoms with Crippen LogP contribution >= 0.6 is 0 Å². The van der Waals surface area contributed by atoms with Crippen LogP contribution in [0.5, 0.6) is 11.8 Å². The highest BCUT2D eigenvalue weighted by molar-refractivity contribution is 6.19. The van der Waals surface area contributed by atoms with Crippen molar-refractivity contribution in [1.82, 2.24) is 30.6 Å². The van der Waals surface area contributed by atoms with Crippen LogP contribution in [0.25, 0.3) is 27.6 Å². The van der Waals surface area contributed by atoms with Crippen molar-refractivity contribution in [2.24, 2.45) is 0 Å². The molecule has 4 saturated heterocycles. The second kappa shape index (κ2) is 22.7. The van der Waals surface area contributed by atoms with Crippen molar-refractivity contribution >= 4 is 58.1 Å². The SMILES string of the molecule is CC(C)(C)OC(=O)NC12CCC(C=O)(CC1)OC2.CCOC(=O)/C(=C/C12CCC(NC(=O)OC(C)(C)C)(CC1)CO2)c1c(F)cnc2ccc(OC)nc12.CCOC(=O)Cc1c(F)cnc2ccc(OC)nc12. The summed E-state index contributed by atoms with van der Waals surface area (Å²) in [6.07, 6.45) is 8.77. The predicted molar refractivity (Wildman–Crippen MR) is 262 cm³/mol. The van der Waals surface area contributed by atoms with E-state index in [-0.39, 0.29) is 59.9 Å². The van der Waals surface area contributed by atoms with Gasteiger partial charge in [0, 0.05) is 17.7 Å². The summed E-state index contributed by atoms with van der Waals surface area (Å²) in [5, 5.41) is 5.89. The molecule has 2 saturated carbocycles. The maximum Gasteiger partial charge on any atom is 0.408 e. The Hall–Kier alpha value is -6.61. The Morgan fingerprint density at radius 1 is 0.671 bits per heavy atom. The van der Waals surface area contributed by atoms with Crippen molar-refractivity contribution in [2.45, 2.75) is 147 Å². The summed E-state index contributed by atoms with van der Waals surface area (Å²) >= 11 is 0. The molecule has 6 fully saturated rings. The van der Waals surface area contributed by atoms with E-state index in [2.05, 4.69) is 30.6 Å². The number of nitrogens with zero attached hydrogens (tertiary/aromatic N) is 4. The Morgan fingerprint density at radius 2 is 1.14 bits per heavy atom. The number of carbonyl (C=O) groups excluding carboxylic acids is 5. The van der Waals surface area contributed by atoms with Gasteiger partial charge in [-0.25, -0.2) is 33.1 Å². The number of hydrogen-bond acceptors (Lipinski definition) is 17. The van der Waals surface area contributed by atoms with Crippen LogP contribution in [0.15, 0.2) is 42.7 Å². The Kier molecular flexibility index (Phi) is 17.3. The van der Waals surface area contributed by atoms with Crippen LogP contribution in [0.1, 0.15) is 118 Å². The summed E-state index contributed by atoms with van der Waals surface area (Å²) in [5.41, 5.74) is -1.84. The molecule has 21 heteroatoms. The minimum Gasteiger partial charge on any atom is -0.481 e. The first kappa shape index (κ1) is 55.7. The first-order chi connectivity index (χ1) is 34.4. The molecule has 19 nitrogen and oxygen atoms in total. The van der Waals surface area contributed by atoms with E-state index in [1.807, 2.05) is 41.5 Å². The lowest BCUT2D eigenvalue weighted by Gasteiger charge is -2.52. The highest BCUT2D eigenvalue weighted by Gasteiger charge is 2.52. The quantitative estimate of drug-likeness (QED) is 0.0592. The molecule has 0 radical (unpaired) electrons. The van der Waals surface area contributed by atoms with Crippen LogP contribution in [0.4, 0.5) is 18.4 Å². The number of halogens is 2. The van der Waals surface area contributed by atoms with Gasteiger partial charge in [0.25, 0.3) is 0 Å². The van der Waals surface area contributed by atoms with Crippen molar-refractivity contribution in [3.63, 3.8) is 0 Å². The van der Waals surface area contributed by atoms with Gasteiger partial charge < -0.3 is 53.3 Å². The normalized spacial score (nSPS) is 23.2. The predicted octanol–water partition coefficient (Wildman–Crippen LogP) is 8.01. The molecule has 2 N–H and O–H groups in total. The summed E-state index contributed by atoms with van der Waals surface area (Å²) in [5.74, 6) is -1.86. The number of ether oxygens (including phenoxy) is 8. The van der Waals surface area contributed by atoms with Crippen LogP contribution < -0.4 is 20.1 Å². The fraction of sp³-hybridized carbons (Fsp3) is 0.558. The number of rotatable bonds is 12. The summed E-state index contributed by atoms with van der Waals surface area (Å²) in [7, 11) is 2.92. The topological polar surface area (TPSA) is 235 Å². The summed E-state index contributed by atoms with van der Waals surface area (Å²) in [4.78, 5) is 76.4. The number of amides is 2. The Morgan fingerprint density at radius 3 is 1.58 bits per heavy atom. The molecule has 0 aromatic carbocycles. The van der Waals surface area contributed by atoms with Gasteiger partial charge in [0.2, 0.25) is 11.8 Å². The third-order valence-electron chi connectivity index (χ3n) is 12.7. The van der Waals surface area contributed by atoms with Gasteiger partial charge in [-0.15, -0.1) is 0 Å². The van der Waals surface area contributed by atoms with Gasteiger partial charge in [-0.05, 0) is 125 Å². The largest absolute Gasteiger partial charge is 0.481 e. The van der Waals surface area contributed by atoms with Gasteiger partial charge in [0.15, 0.2) is 12.1 Å². The van der Waals surface area contributed by atoms with E-state index in [9.17, 15) is 28.4 Å². The fourth-order valence-corrected chi connectivity index (χ4v) is 8.96. The van der Waals surface area contributed by atoms with Crippen LogP contribution in [0.2, 0.25) is 0 Å². The average Bonchev–Trinajstić information content (AvgIpc) is 3.34. The zero-order valence-electron chi connectivity index (χ0n) is 43.2. The number of hydrogen-bond donors (Lipinski definition) is 2. The number of fused-ring (bicyclic) bond motifs is 8. The van der Waals surface area contributed by atoms with Gasteiger partial charge in [-0.1, -0.05) is 0 Å². The lowest BCUT2D eigenvalue weighted by atomic mass is 9.70. The first-order valence-corrected chi connectivity index (χ1v) is 24.2. The van der Waals surface area contributed by atoms with E-state index in [0.717, 1.165) is 31.5 Å². The molecular formula is C52H66F2N6O13. The van der Waals surface area contributed by atoms with Crippen LogP contribution in [0, 0.1) is 11.6 Å². The van der Waals surface area contributed by atoms with Crippen molar-refractivity contribution in [2.75, 3.05) is 40.6 Å². The molecule has 396 valence electrons. The van der Waals surface area contributed by atoms with Crippen molar-refractivity contribution < 1.29 is 70.6 Å². The second-order valence-corrected chi connectivity index (χ2v) is 20.4. The lowest BCUT2D eigenvalue weighted by molar-refractivity contribution is -0.166. The number of pyridine rings is 4. The van der Waals surface area contributed by atoms with Gasteiger partial charge in [0.05, 0.1) is 104 Å². The molecule has 0 spiro atoms. The smallest absolute Gasteiger partial charge is 0.408 e. The molecule has 4 aromatic rings. The highest BCUT2D eigenvalue weighted by Crippen LogP contribution is 2.47. The first-order valence-electron chi connectivity index (χ1n) is 24.2. The third kappa shape index (κ3) is 13.9. The van der Waals surface area contributed by atoms with Crippen molar-refractivity contribution in [3.8, 4) is 11.8 Å². The molecule has 73 heavy (non-hydrogen) atoms. The van der Waals surface area contributed by atoms with E-state index in [1.54, 1.807) is 44.2 Å². The molecular weight excluding hydrogens is 955 g/mol. The number of methoxy groups -OCH3 is 2. The minimum atomic E-state index is -0.819. The molecule has 4 aliphatic heterocycles. The number of alkyl carbamates (subject to hydrolysis) is 2. The van der Waals surface area contributed by atoms with E-state index in [4.69, 9.17) is 37.9 Å². The molecule has 0 atom stereocenters. The van der Waals surface area contributed by atoms with Crippen LogP contribution in [0.3, 0.4) is 0 Å². The second-order valence-electron chi connectivity index (χ2n) is 20.4. The van der Waals surface area contributed by atoms with Gasteiger partial charge in [-0.2, -0.15) is 0 Å². The lowest BCUT2D eigenvalue weighted by Crippen LogP contribution is -2.63. The molecule has 8 heterocycles. The van der Waals surface area contributed by atoms with Gasteiger partial charge >= 0.3 is 24.1 Å². The maximum atomic E-state index is 15.2. The number of nitrogens with one attached hydrogen (secondary N) is 2. The number of carbonyl (C=O) groups is 5. The molecule has 0 unspecified atom stereocenters. The molecule has 10 rings (SSSR count). The Labute approximate surface area is 422 Å². The van der Waals surface area contributed by atoms with E-state index >= 15 is 4.39 Å². The van der Waals surface area contributed by atoms with Gasteiger partial charge in [0.1, 0.15) is 28.1 Å². The van der Waals surface area contributed by atoms with Crippen LogP contribution in [-0.4, -0.2) is 124 Å². The van der Waals surface area contributed by atoms with E-state index in [0.29, 0.717) is 67.6 Å². The monoisotopic (exact) mass is 1020 g/mol. The standard InChI is InChI=1S/C26H32FN3O6.C13H13FN2O3.C13H21NO4/c1-6-34-22(31)16(20-17(27)14-28-18-7-8-19(33-5)29-21(18)20)13-26-11-9-25(10-12-26,15-35-26)30-23(32)36-24(2,3)4;1-3-19-12(17)6-8-9(14)7-15-10-4-5-11(18-2)16-13(8)10;1-11(2,3)18-10(16)14-12-4-6-13(8-15,7-5-12)17-9-12/h7-8,13-14H,6,9-12,15H2,1-5H3,(H,30,32);4-5,7H,3,6H2,1-2H3;8H,4-7,9H2,1-3H3,(H,14,16)/b16-13+;;. The van der Waals surface area contributed by atoms with Crippen molar-refractivity contribution in [3.05, 3.63) is 65.5 Å². The molecule has 4 bridgehead atoms. The number of esters is 2. The van der Waals surface area contributed by atoms with Crippen molar-refractivity contribution in [1.29, 1.82) is 0 Å². The minimum absolute atomic E-state index is 0.00962. The van der Waals surface area contributed by atoms with Gasteiger partial charge in [-0.3, -0.25) is 14.8 Å². The molecule has 4 aromatic heterocycles. The Balaban J connectivity index is 0.000000197. The maximum absolute atomic E-state index is 15.2. The highest BCUT2D eigenvalue weighted by atomic mass is 19.1. The average molecular weight is 1020 g/mol. The number of aromatic nitrogens is 4. The zero-order chi connectivity index (χ0) is 53.4.